The van der Waals surface area contributed by atoms with Crippen LogP contribution in [0.3, 0.4) is 0 Å². The molecule has 1 heterocycles. The van der Waals surface area contributed by atoms with E-state index in [1.54, 1.807) is 18.3 Å². The maximum atomic E-state index is 12.0. The molecule has 0 amide bonds. The smallest absolute Gasteiger partial charge is 0.340 e. The Labute approximate surface area is 111 Å². The van der Waals surface area contributed by atoms with Crippen molar-refractivity contribution in [1.29, 1.82) is 0 Å². The van der Waals surface area contributed by atoms with E-state index in [2.05, 4.69) is 4.98 Å². The Kier molecular flexibility index (Phi) is 4.64. The van der Waals surface area contributed by atoms with Gasteiger partial charge in [-0.15, -0.1) is 0 Å². The number of esters is 1. The highest BCUT2D eigenvalue weighted by Crippen LogP contribution is 2.10. The summed E-state index contributed by atoms with van der Waals surface area (Å²) in [6.45, 7) is 0.184. The molecule has 0 fully saturated rings. The van der Waals surface area contributed by atoms with Gasteiger partial charge in [-0.3, -0.25) is 4.98 Å². The molecule has 0 radical (unpaired) electrons. The molecule has 0 saturated heterocycles. The molecule has 19 heavy (non-hydrogen) atoms. The van der Waals surface area contributed by atoms with Gasteiger partial charge in [-0.2, -0.15) is 0 Å². The van der Waals surface area contributed by atoms with Crippen molar-refractivity contribution in [2.75, 3.05) is 6.61 Å². The van der Waals surface area contributed by atoms with Crippen molar-refractivity contribution >= 4 is 5.97 Å². The monoisotopic (exact) mass is 257 g/mol. The van der Waals surface area contributed by atoms with E-state index in [0.717, 1.165) is 5.56 Å². The lowest BCUT2D eigenvalue weighted by Crippen LogP contribution is -2.10. The van der Waals surface area contributed by atoms with Crippen molar-refractivity contribution in [2.45, 2.75) is 13.0 Å². The lowest BCUT2D eigenvalue weighted by atomic mass is 10.1. The van der Waals surface area contributed by atoms with Gasteiger partial charge in [0.15, 0.2) is 0 Å². The highest BCUT2D eigenvalue weighted by molar-refractivity contribution is 5.90. The van der Waals surface area contributed by atoms with Crippen molar-refractivity contribution in [3.8, 4) is 0 Å². The van der Waals surface area contributed by atoms with Gasteiger partial charge < -0.3 is 9.84 Å². The predicted molar refractivity (Wildman–Crippen MR) is 70.6 cm³/mol. The number of benzene rings is 1. The summed E-state index contributed by atoms with van der Waals surface area (Å²) < 4.78 is 5.24. The van der Waals surface area contributed by atoms with E-state index in [4.69, 9.17) is 9.84 Å². The molecule has 0 spiro atoms. The number of aromatic nitrogens is 1. The SMILES string of the molecule is O=C(OCc1ccccc1)c1cccnc1CCO. The molecule has 0 atom stereocenters. The minimum absolute atomic E-state index is 0.0457. The van der Waals surface area contributed by atoms with E-state index >= 15 is 0 Å². The number of nitrogens with zero attached hydrogens (tertiary/aromatic N) is 1. The summed E-state index contributed by atoms with van der Waals surface area (Å²) in [6.07, 6.45) is 1.94. The Hall–Kier alpha value is -2.20. The number of carbonyl (C=O) groups excluding carboxylic acids is 1. The minimum Gasteiger partial charge on any atom is -0.457 e. The van der Waals surface area contributed by atoms with Crippen LogP contribution >= 0.6 is 0 Å². The summed E-state index contributed by atoms with van der Waals surface area (Å²) in [7, 11) is 0. The topological polar surface area (TPSA) is 59.4 Å². The normalized spacial score (nSPS) is 10.2. The van der Waals surface area contributed by atoms with Crippen molar-refractivity contribution in [1.82, 2.24) is 4.98 Å². The molecule has 0 aliphatic rings. The van der Waals surface area contributed by atoms with Crippen LogP contribution in [0.4, 0.5) is 0 Å². The Morgan fingerprint density at radius 3 is 2.68 bits per heavy atom. The van der Waals surface area contributed by atoms with E-state index in [-0.39, 0.29) is 13.2 Å². The first kappa shape index (κ1) is 13.2. The van der Waals surface area contributed by atoms with Crippen molar-refractivity contribution in [3.05, 3.63) is 65.5 Å². The fourth-order valence-electron chi connectivity index (χ4n) is 1.73. The highest BCUT2D eigenvalue weighted by Gasteiger charge is 2.13. The maximum Gasteiger partial charge on any atom is 0.340 e. The first-order valence-corrected chi connectivity index (χ1v) is 6.07. The molecule has 1 aromatic heterocycles. The van der Waals surface area contributed by atoms with E-state index in [9.17, 15) is 4.79 Å². The number of hydrogen-bond acceptors (Lipinski definition) is 4. The maximum absolute atomic E-state index is 12.0. The van der Waals surface area contributed by atoms with Gasteiger partial charge in [-0.25, -0.2) is 4.79 Å². The Balaban J connectivity index is 2.04. The second-order valence-electron chi connectivity index (χ2n) is 4.03. The van der Waals surface area contributed by atoms with Gasteiger partial charge in [0.2, 0.25) is 0 Å². The van der Waals surface area contributed by atoms with E-state index in [1.165, 1.54) is 0 Å². The second-order valence-corrected chi connectivity index (χ2v) is 4.03. The van der Waals surface area contributed by atoms with E-state index < -0.39 is 5.97 Å². The molecular weight excluding hydrogens is 242 g/mol. The third-order valence-corrected chi connectivity index (χ3v) is 2.67. The zero-order chi connectivity index (χ0) is 13.5. The van der Waals surface area contributed by atoms with Crippen LogP contribution < -0.4 is 0 Å². The lowest BCUT2D eigenvalue weighted by molar-refractivity contribution is 0.0470. The summed E-state index contributed by atoms with van der Waals surface area (Å²) in [4.78, 5) is 16.1. The molecule has 0 bridgehead atoms. The van der Waals surface area contributed by atoms with Crippen LogP contribution in [0.15, 0.2) is 48.7 Å². The number of aliphatic hydroxyl groups excluding tert-OH is 1. The van der Waals surface area contributed by atoms with Gasteiger partial charge in [0.05, 0.1) is 11.3 Å². The molecule has 4 heteroatoms. The zero-order valence-electron chi connectivity index (χ0n) is 10.5. The van der Waals surface area contributed by atoms with Crippen molar-refractivity contribution in [2.24, 2.45) is 0 Å². The molecule has 1 N–H and O–H groups in total. The van der Waals surface area contributed by atoms with Crippen LogP contribution in [0.5, 0.6) is 0 Å². The summed E-state index contributed by atoms with van der Waals surface area (Å²) >= 11 is 0. The van der Waals surface area contributed by atoms with E-state index in [1.807, 2.05) is 30.3 Å². The largest absolute Gasteiger partial charge is 0.457 e. The van der Waals surface area contributed by atoms with Crippen LogP contribution in [0, 0.1) is 0 Å². The molecular formula is C15H15NO3. The number of hydrogen-bond donors (Lipinski definition) is 1. The molecule has 0 unspecified atom stereocenters. The van der Waals surface area contributed by atoms with Crippen LogP contribution in [-0.4, -0.2) is 22.7 Å². The van der Waals surface area contributed by atoms with Crippen LogP contribution in [0.1, 0.15) is 21.6 Å². The van der Waals surface area contributed by atoms with Gasteiger partial charge in [0.25, 0.3) is 0 Å². The molecule has 0 aliphatic heterocycles. The van der Waals surface area contributed by atoms with E-state index in [0.29, 0.717) is 17.7 Å². The Bertz CT molecular complexity index is 540. The lowest BCUT2D eigenvalue weighted by Gasteiger charge is -2.08. The van der Waals surface area contributed by atoms with Crippen molar-refractivity contribution < 1.29 is 14.6 Å². The van der Waals surface area contributed by atoms with Gasteiger partial charge in [0, 0.05) is 19.2 Å². The number of aliphatic hydroxyl groups is 1. The van der Waals surface area contributed by atoms with Gasteiger partial charge in [-0.05, 0) is 17.7 Å². The number of carbonyl (C=O) groups is 1. The number of rotatable bonds is 5. The van der Waals surface area contributed by atoms with Crippen LogP contribution in [0.2, 0.25) is 0 Å². The fraction of sp³-hybridized carbons (Fsp3) is 0.200. The zero-order valence-corrected chi connectivity index (χ0v) is 10.5. The molecule has 4 nitrogen and oxygen atoms in total. The fourth-order valence-corrected chi connectivity index (χ4v) is 1.73. The first-order valence-electron chi connectivity index (χ1n) is 6.07. The molecule has 2 rings (SSSR count). The predicted octanol–water partition coefficient (Wildman–Crippen LogP) is 1.97. The van der Waals surface area contributed by atoms with Gasteiger partial charge in [0.1, 0.15) is 6.61 Å². The summed E-state index contributed by atoms with van der Waals surface area (Å²) in [5.74, 6) is -0.416. The van der Waals surface area contributed by atoms with Crippen LogP contribution in [-0.2, 0) is 17.8 Å². The summed E-state index contributed by atoms with van der Waals surface area (Å²) in [5, 5.41) is 8.94. The molecule has 0 saturated carbocycles. The Morgan fingerprint density at radius 1 is 1.16 bits per heavy atom. The molecule has 2 aromatic rings. The number of ether oxygens (including phenoxy) is 1. The third kappa shape index (κ3) is 3.63. The molecule has 98 valence electrons. The van der Waals surface area contributed by atoms with Gasteiger partial charge >= 0.3 is 5.97 Å². The molecule has 0 aliphatic carbocycles. The third-order valence-electron chi connectivity index (χ3n) is 2.67. The summed E-state index contributed by atoms with van der Waals surface area (Å²) in [6, 6.07) is 12.8. The van der Waals surface area contributed by atoms with Crippen molar-refractivity contribution in [3.63, 3.8) is 0 Å². The molecule has 1 aromatic carbocycles. The Morgan fingerprint density at radius 2 is 1.95 bits per heavy atom. The standard InChI is InChI=1S/C15H15NO3/c17-10-8-14-13(7-4-9-16-14)15(18)19-11-12-5-2-1-3-6-12/h1-7,9,17H,8,10-11H2. The minimum atomic E-state index is -0.416. The quantitative estimate of drug-likeness (QED) is 0.832. The van der Waals surface area contributed by atoms with Gasteiger partial charge in [-0.1, -0.05) is 30.3 Å². The average Bonchev–Trinajstić information content (AvgIpc) is 2.47. The summed E-state index contributed by atoms with van der Waals surface area (Å²) in [5.41, 5.74) is 1.90. The highest BCUT2D eigenvalue weighted by atomic mass is 16.5. The average molecular weight is 257 g/mol. The first-order chi connectivity index (χ1) is 9.31. The van der Waals surface area contributed by atoms with Crippen LogP contribution in [0.25, 0.3) is 0 Å². The number of pyridine rings is 1. The second kappa shape index (κ2) is 6.66.